The minimum atomic E-state index is 0.813. The highest BCUT2D eigenvalue weighted by molar-refractivity contribution is 9.11. The van der Waals surface area contributed by atoms with E-state index in [4.69, 9.17) is 4.74 Å². The largest absolute Gasteiger partial charge is 0.378 e. The molecule has 0 radical (unpaired) electrons. The normalized spacial score (nSPS) is 15.9. The number of anilines is 1. The van der Waals surface area contributed by atoms with Gasteiger partial charge in [-0.3, -0.25) is 4.99 Å². The third-order valence-electron chi connectivity index (χ3n) is 3.16. The monoisotopic (exact) mass is 350 g/mol. The molecule has 0 N–H and O–H groups in total. The van der Waals surface area contributed by atoms with Crippen LogP contribution < -0.4 is 4.90 Å². The second-order valence-electron chi connectivity index (χ2n) is 4.52. The van der Waals surface area contributed by atoms with Crippen LogP contribution in [0.4, 0.5) is 11.4 Å². The molecule has 104 valence electrons. The molecule has 1 saturated heterocycles. The Bertz CT molecular complexity index is 588. The number of nitrogens with zero attached hydrogens (tertiary/aromatic N) is 2. The molecule has 1 fully saturated rings. The van der Waals surface area contributed by atoms with Crippen molar-refractivity contribution in [3.63, 3.8) is 0 Å². The topological polar surface area (TPSA) is 24.8 Å². The first-order valence-corrected chi connectivity index (χ1v) is 8.14. The van der Waals surface area contributed by atoms with Crippen molar-refractivity contribution >= 4 is 44.9 Å². The van der Waals surface area contributed by atoms with Crippen LogP contribution in [0, 0.1) is 0 Å². The van der Waals surface area contributed by atoms with E-state index < -0.39 is 0 Å². The first-order chi connectivity index (χ1) is 9.81. The molecule has 0 unspecified atom stereocenters. The number of rotatable bonds is 3. The Balaban J connectivity index is 1.68. The summed E-state index contributed by atoms with van der Waals surface area (Å²) in [4.78, 5) is 7.99. The van der Waals surface area contributed by atoms with Gasteiger partial charge in [-0.15, -0.1) is 11.3 Å². The molecule has 0 saturated carbocycles. The molecule has 2 heterocycles. The van der Waals surface area contributed by atoms with E-state index in [-0.39, 0.29) is 0 Å². The average Bonchev–Trinajstić information content (AvgIpc) is 2.92. The van der Waals surface area contributed by atoms with E-state index in [1.54, 1.807) is 11.3 Å². The van der Waals surface area contributed by atoms with Crippen molar-refractivity contribution in [1.82, 2.24) is 0 Å². The zero-order valence-electron chi connectivity index (χ0n) is 11.0. The summed E-state index contributed by atoms with van der Waals surface area (Å²) in [6, 6.07) is 12.5. The molecular weight excluding hydrogens is 336 g/mol. The molecule has 3 rings (SSSR count). The van der Waals surface area contributed by atoms with Gasteiger partial charge in [-0.1, -0.05) is 0 Å². The molecule has 2 aromatic rings. The van der Waals surface area contributed by atoms with Crippen molar-refractivity contribution in [2.24, 2.45) is 4.99 Å². The SMILES string of the molecule is Brc1ccc(C=Nc2ccc(N3CCOCC3)cc2)s1. The van der Waals surface area contributed by atoms with Crippen LogP contribution in [0.3, 0.4) is 0 Å². The predicted octanol–water partition coefficient (Wildman–Crippen LogP) is 4.10. The number of benzene rings is 1. The van der Waals surface area contributed by atoms with E-state index in [1.807, 2.05) is 12.3 Å². The highest BCUT2D eigenvalue weighted by Gasteiger charge is 2.10. The zero-order valence-corrected chi connectivity index (χ0v) is 13.4. The third-order valence-corrected chi connectivity index (χ3v) is 4.72. The van der Waals surface area contributed by atoms with Gasteiger partial charge in [0.15, 0.2) is 0 Å². The second kappa shape index (κ2) is 6.52. The lowest BCUT2D eigenvalue weighted by atomic mass is 10.2. The lowest BCUT2D eigenvalue weighted by Gasteiger charge is -2.28. The summed E-state index contributed by atoms with van der Waals surface area (Å²) in [5.41, 5.74) is 2.22. The Morgan fingerprint density at radius 1 is 1.10 bits per heavy atom. The van der Waals surface area contributed by atoms with Crippen molar-refractivity contribution in [2.75, 3.05) is 31.2 Å². The van der Waals surface area contributed by atoms with Crippen LogP contribution in [-0.4, -0.2) is 32.5 Å². The fourth-order valence-electron chi connectivity index (χ4n) is 2.11. The number of aliphatic imine (C=N–C) groups is 1. The smallest absolute Gasteiger partial charge is 0.0705 e. The van der Waals surface area contributed by atoms with Gasteiger partial charge in [0.25, 0.3) is 0 Å². The summed E-state index contributed by atoms with van der Waals surface area (Å²) in [5.74, 6) is 0. The number of hydrogen-bond acceptors (Lipinski definition) is 4. The van der Waals surface area contributed by atoms with Crippen molar-refractivity contribution in [3.05, 3.63) is 45.1 Å². The van der Waals surface area contributed by atoms with Crippen LogP contribution in [0.2, 0.25) is 0 Å². The molecule has 0 bridgehead atoms. The van der Waals surface area contributed by atoms with Gasteiger partial charge in [0.05, 0.1) is 22.7 Å². The molecule has 1 aromatic carbocycles. The fraction of sp³-hybridized carbons (Fsp3) is 0.267. The molecule has 0 atom stereocenters. The fourth-order valence-corrected chi connectivity index (χ4v) is 3.40. The number of halogens is 1. The molecular formula is C15H15BrN2OS. The molecule has 1 aromatic heterocycles. The van der Waals surface area contributed by atoms with Crippen LogP contribution in [0.1, 0.15) is 4.88 Å². The number of hydrogen-bond donors (Lipinski definition) is 0. The summed E-state index contributed by atoms with van der Waals surface area (Å²) in [5, 5.41) is 0. The van der Waals surface area contributed by atoms with Gasteiger partial charge in [0, 0.05) is 29.9 Å². The van der Waals surface area contributed by atoms with Gasteiger partial charge in [-0.05, 0) is 52.3 Å². The molecule has 3 nitrogen and oxygen atoms in total. The molecule has 0 amide bonds. The minimum absolute atomic E-state index is 0.813. The van der Waals surface area contributed by atoms with Crippen molar-refractivity contribution < 1.29 is 4.74 Å². The highest BCUT2D eigenvalue weighted by Crippen LogP contribution is 2.23. The molecule has 0 spiro atoms. The van der Waals surface area contributed by atoms with Gasteiger partial charge in [0.1, 0.15) is 0 Å². The van der Waals surface area contributed by atoms with E-state index in [0.29, 0.717) is 0 Å². The Morgan fingerprint density at radius 3 is 2.50 bits per heavy atom. The van der Waals surface area contributed by atoms with Crippen LogP contribution in [0.25, 0.3) is 0 Å². The number of ether oxygens (including phenoxy) is 1. The summed E-state index contributed by atoms with van der Waals surface area (Å²) in [7, 11) is 0. The Hall–Kier alpha value is -1.17. The maximum Gasteiger partial charge on any atom is 0.0705 e. The van der Waals surface area contributed by atoms with Crippen molar-refractivity contribution in [2.45, 2.75) is 0 Å². The van der Waals surface area contributed by atoms with Crippen LogP contribution >= 0.6 is 27.3 Å². The maximum absolute atomic E-state index is 5.37. The van der Waals surface area contributed by atoms with Crippen molar-refractivity contribution in [1.29, 1.82) is 0 Å². The van der Waals surface area contributed by atoms with Gasteiger partial charge in [0.2, 0.25) is 0 Å². The second-order valence-corrected chi connectivity index (χ2v) is 7.01. The molecule has 0 aliphatic carbocycles. The van der Waals surface area contributed by atoms with Crippen LogP contribution in [0.5, 0.6) is 0 Å². The highest BCUT2D eigenvalue weighted by atomic mass is 79.9. The standard InChI is InChI=1S/C15H15BrN2OS/c16-15-6-5-14(20-15)11-17-12-1-3-13(4-2-12)18-7-9-19-10-8-18/h1-6,11H,7-10H2. The molecule has 5 heteroatoms. The van der Waals surface area contributed by atoms with Gasteiger partial charge >= 0.3 is 0 Å². The van der Waals surface area contributed by atoms with Gasteiger partial charge < -0.3 is 9.64 Å². The number of thiophene rings is 1. The predicted molar refractivity (Wildman–Crippen MR) is 88.7 cm³/mol. The average molecular weight is 351 g/mol. The van der Waals surface area contributed by atoms with Crippen molar-refractivity contribution in [3.8, 4) is 0 Å². The van der Waals surface area contributed by atoms with E-state index in [1.165, 1.54) is 5.69 Å². The molecule has 1 aliphatic rings. The Morgan fingerprint density at radius 2 is 1.85 bits per heavy atom. The number of morpholine rings is 1. The van der Waals surface area contributed by atoms with E-state index in [2.05, 4.69) is 56.2 Å². The molecule has 20 heavy (non-hydrogen) atoms. The van der Waals surface area contributed by atoms with Crippen LogP contribution in [-0.2, 0) is 4.74 Å². The zero-order chi connectivity index (χ0) is 13.8. The summed E-state index contributed by atoms with van der Waals surface area (Å²) >= 11 is 5.13. The maximum atomic E-state index is 5.37. The van der Waals surface area contributed by atoms with Crippen LogP contribution in [0.15, 0.2) is 45.2 Å². The first-order valence-electron chi connectivity index (χ1n) is 6.53. The summed E-state index contributed by atoms with van der Waals surface area (Å²) < 4.78 is 6.49. The third kappa shape index (κ3) is 3.48. The molecule has 1 aliphatic heterocycles. The summed E-state index contributed by atoms with van der Waals surface area (Å²) in [6.07, 6.45) is 1.90. The first kappa shape index (κ1) is 13.8. The quantitative estimate of drug-likeness (QED) is 0.778. The summed E-state index contributed by atoms with van der Waals surface area (Å²) in [6.45, 7) is 3.55. The van der Waals surface area contributed by atoms with E-state index >= 15 is 0 Å². The van der Waals surface area contributed by atoms with E-state index in [9.17, 15) is 0 Å². The lowest BCUT2D eigenvalue weighted by Crippen LogP contribution is -2.36. The van der Waals surface area contributed by atoms with E-state index in [0.717, 1.165) is 40.7 Å². The Labute approximate surface area is 131 Å². The Kier molecular flexibility index (Phi) is 4.50. The van der Waals surface area contributed by atoms with Gasteiger partial charge in [-0.25, -0.2) is 0 Å². The minimum Gasteiger partial charge on any atom is -0.378 e. The lowest BCUT2D eigenvalue weighted by molar-refractivity contribution is 0.122. The van der Waals surface area contributed by atoms with Gasteiger partial charge in [-0.2, -0.15) is 0 Å².